The van der Waals surface area contributed by atoms with Crippen molar-refractivity contribution in [3.05, 3.63) is 86.4 Å². The Morgan fingerprint density at radius 2 is 1.82 bits per heavy atom. The van der Waals surface area contributed by atoms with Gasteiger partial charge in [-0.3, -0.25) is 9.59 Å². The van der Waals surface area contributed by atoms with Crippen molar-refractivity contribution in [3.8, 4) is 10.6 Å². The van der Waals surface area contributed by atoms with Crippen LogP contribution in [0.2, 0.25) is 10.0 Å². The molecule has 40 heavy (non-hydrogen) atoms. The van der Waals surface area contributed by atoms with E-state index in [4.69, 9.17) is 23.2 Å². The first-order chi connectivity index (χ1) is 19.1. The molecular formula is C28H27Cl2FN6O2S. The molecule has 3 heterocycles. The van der Waals surface area contributed by atoms with Crippen molar-refractivity contribution in [1.82, 2.24) is 29.8 Å². The van der Waals surface area contributed by atoms with Gasteiger partial charge in [0.1, 0.15) is 27.9 Å². The van der Waals surface area contributed by atoms with Crippen LogP contribution in [0.5, 0.6) is 0 Å². The van der Waals surface area contributed by atoms with Gasteiger partial charge < -0.3 is 9.80 Å². The van der Waals surface area contributed by atoms with Crippen LogP contribution >= 0.6 is 34.5 Å². The van der Waals surface area contributed by atoms with Gasteiger partial charge in [-0.05, 0) is 50.1 Å². The van der Waals surface area contributed by atoms with Crippen LogP contribution in [0.15, 0.2) is 48.7 Å². The topological polar surface area (TPSA) is 84.2 Å². The van der Waals surface area contributed by atoms with Crippen molar-refractivity contribution in [2.24, 2.45) is 0 Å². The van der Waals surface area contributed by atoms with Crippen molar-refractivity contribution in [1.29, 1.82) is 0 Å². The van der Waals surface area contributed by atoms with Crippen LogP contribution in [0.4, 0.5) is 4.39 Å². The zero-order valence-electron chi connectivity index (χ0n) is 22.2. The fourth-order valence-corrected chi connectivity index (χ4v) is 6.51. The number of amides is 2. The Kier molecular flexibility index (Phi) is 7.94. The van der Waals surface area contributed by atoms with E-state index in [1.165, 1.54) is 28.4 Å². The molecule has 1 aliphatic heterocycles. The lowest BCUT2D eigenvalue weighted by Gasteiger charge is -2.33. The van der Waals surface area contributed by atoms with Crippen molar-refractivity contribution >= 4 is 46.4 Å². The van der Waals surface area contributed by atoms with Crippen molar-refractivity contribution < 1.29 is 14.0 Å². The highest BCUT2D eigenvalue weighted by molar-refractivity contribution is 7.17. The zero-order chi connectivity index (χ0) is 28.6. The number of piperazine rings is 1. The summed E-state index contributed by atoms with van der Waals surface area (Å²) in [6.07, 6.45) is 2.53. The normalized spacial score (nSPS) is 15.4. The first-order valence-electron chi connectivity index (χ1n) is 12.8. The van der Waals surface area contributed by atoms with Gasteiger partial charge in [0.25, 0.3) is 5.91 Å². The second-order valence-electron chi connectivity index (χ2n) is 9.86. The molecule has 1 unspecified atom stereocenters. The Bertz CT molecular complexity index is 1550. The van der Waals surface area contributed by atoms with Gasteiger partial charge in [0.05, 0.1) is 34.0 Å². The molecule has 2 aromatic carbocycles. The molecule has 0 N–H and O–H groups in total. The second-order valence-corrected chi connectivity index (χ2v) is 11.7. The smallest absolute Gasteiger partial charge is 0.266 e. The monoisotopic (exact) mass is 600 g/mol. The van der Waals surface area contributed by atoms with Crippen molar-refractivity contribution in [2.45, 2.75) is 39.3 Å². The number of rotatable bonds is 7. The predicted molar refractivity (Wildman–Crippen MR) is 153 cm³/mol. The number of thiazole rings is 1. The molecule has 1 saturated heterocycles. The number of hydrogen-bond acceptors (Lipinski definition) is 6. The molecular weight excluding hydrogens is 574 g/mol. The SMILES string of the molecule is CCC(C)(c1ccc(F)cc1)n1cc(CN2CCN(C(=O)c3sc(-c4c(Cl)cccc4Cl)nc3C)CC2=O)nn1. The van der Waals surface area contributed by atoms with Gasteiger partial charge in [0.15, 0.2) is 0 Å². The molecule has 12 heteroatoms. The number of benzene rings is 2. The molecule has 0 bridgehead atoms. The van der Waals surface area contributed by atoms with Crippen LogP contribution in [0, 0.1) is 12.7 Å². The van der Waals surface area contributed by atoms with Crippen LogP contribution < -0.4 is 0 Å². The van der Waals surface area contributed by atoms with Crippen LogP contribution in [0.25, 0.3) is 10.6 Å². The average Bonchev–Trinajstić information content (AvgIpc) is 3.56. The second kappa shape index (κ2) is 11.3. The molecule has 5 rings (SSSR count). The van der Waals surface area contributed by atoms with Crippen LogP contribution in [-0.4, -0.2) is 61.2 Å². The van der Waals surface area contributed by atoms with E-state index < -0.39 is 5.54 Å². The van der Waals surface area contributed by atoms with Crippen molar-refractivity contribution in [2.75, 3.05) is 19.6 Å². The molecule has 2 amide bonds. The lowest BCUT2D eigenvalue weighted by atomic mass is 9.89. The van der Waals surface area contributed by atoms with E-state index in [2.05, 4.69) is 15.3 Å². The Labute approximate surface area is 245 Å². The summed E-state index contributed by atoms with van der Waals surface area (Å²) in [4.78, 5) is 34.6. The Hall–Kier alpha value is -3.34. The van der Waals surface area contributed by atoms with Crippen LogP contribution in [0.3, 0.4) is 0 Å². The van der Waals surface area contributed by atoms with E-state index in [0.29, 0.717) is 56.4 Å². The third-order valence-corrected chi connectivity index (χ3v) is 9.12. The molecule has 0 radical (unpaired) electrons. The fraction of sp³-hybridized carbons (Fsp3) is 0.321. The van der Waals surface area contributed by atoms with E-state index in [0.717, 1.165) is 5.56 Å². The maximum atomic E-state index is 13.5. The van der Waals surface area contributed by atoms with E-state index in [1.54, 1.807) is 46.8 Å². The molecule has 1 aliphatic rings. The van der Waals surface area contributed by atoms with Gasteiger partial charge in [-0.25, -0.2) is 14.1 Å². The Balaban J connectivity index is 1.26. The quantitative estimate of drug-likeness (QED) is 0.267. The number of aryl methyl sites for hydroxylation is 1. The van der Waals surface area contributed by atoms with Gasteiger partial charge in [0, 0.05) is 18.7 Å². The standard InChI is InChI=1S/C28H27Cl2FN6O2S/c1-4-28(3,18-8-10-19(31)11-9-18)37-15-20(33-34-37)14-35-12-13-36(16-23(35)38)27(39)25-17(2)32-26(40-25)24-21(29)6-5-7-22(24)30/h5-11,15H,4,12-14,16H2,1-3H3. The Morgan fingerprint density at radius 1 is 1.12 bits per heavy atom. The molecule has 1 atom stereocenters. The average molecular weight is 602 g/mol. The minimum absolute atomic E-state index is 0.0469. The lowest BCUT2D eigenvalue weighted by Crippen LogP contribution is -2.51. The maximum Gasteiger partial charge on any atom is 0.266 e. The number of carbonyl (C=O) groups excluding carboxylic acids is 2. The number of hydrogen-bond donors (Lipinski definition) is 0. The largest absolute Gasteiger partial charge is 0.333 e. The Morgan fingerprint density at radius 3 is 2.48 bits per heavy atom. The predicted octanol–water partition coefficient (Wildman–Crippen LogP) is 5.81. The van der Waals surface area contributed by atoms with Crippen LogP contribution in [0.1, 0.15) is 46.9 Å². The van der Waals surface area contributed by atoms with Crippen LogP contribution in [-0.2, 0) is 16.9 Å². The summed E-state index contributed by atoms with van der Waals surface area (Å²) in [6.45, 7) is 6.77. The minimum atomic E-state index is -0.520. The summed E-state index contributed by atoms with van der Waals surface area (Å²) in [5.41, 5.74) is 2.18. The van der Waals surface area contributed by atoms with E-state index in [1.807, 2.05) is 20.0 Å². The third-order valence-electron chi connectivity index (χ3n) is 7.33. The molecule has 4 aromatic rings. The zero-order valence-corrected chi connectivity index (χ0v) is 24.5. The molecule has 1 fully saturated rings. The lowest BCUT2D eigenvalue weighted by molar-refractivity contribution is -0.135. The van der Waals surface area contributed by atoms with Crippen molar-refractivity contribution in [3.63, 3.8) is 0 Å². The van der Waals surface area contributed by atoms with Gasteiger partial charge in [-0.2, -0.15) is 0 Å². The summed E-state index contributed by atoms with van der Waals surface area (Å²) < 4.78 is 15.2. The van der Waals surface area contributed by atoms with E-state index in [-0.39, 0.29) is 30.7 Å². The molecule has 208 valence electrons. The number of halogens is 3. The summed E-state index contributed by atoms with van der Waals surface area (Å²) in [5.74, 6) is -0.725. The van der Waals surface area contributed by atoms with Gasteiger partial charge >= 0.3 is 0 Å². The summed E-state index contributed by atoms with van der Waals surface area (Å²) in [6, 6.07) is 11.6. The summed E-state index contributed by atoms with van der Waals surface area (Å²) >= 11 is 13.9. The molecule has 0 saturated carbocycles. The van der Waals surface area contributed by atoms with E-state index in [9.17, 15) is 14.0 Å². The highest BCUT2D eigenvalue weighted by atomic mass is 35.5. The first kappa shape index (κ1) is 28.2. The highest BCUT2D eigenvalue weighted by Crippen LogP contribution is 2.38. The highest BCUT2D eigenvalue weighted by Gasteiger charge is 2.32. The fourth-order valence-electron chi connectivity index (χ4n) is 4.71. The molecule has 2 aromatic heterocycles. The van der Waals surface area contributed by atoms with E-state index >= 15 is 0 Å². The number of carbonyl (C=O) groups is 2. The minimum Gasteiger partial charge on any atom is -0.333 e. The molecule has 0 aliphatic carbocycles. The van der Waals surface area contributed by atoms with Gasteiger partial charge in [-0.1, -0.05) is 53.5 Å². The maximum absolute atomic E-state index is 13.5. The third kappa shape index (κ3) is 5.35. The number of aromatic nitrogens is 4. The summed E-state index contributed by atoms with van der Waals surface area (Å²) in [7, 11) is 0. The van der Waals surface area contributed by atoms with Gasteiger partial charge in [0.2, 0.25) is 5.91 Å². The number of nitrogens with zero attached hydrogens (tertiary/aromatic N) is 6. The molecule has 0 spiro atoms. The van der Waals surface area contributed by atoms with Gasteiger partial charge in [-0.15, -0.1) is 16.4 Å². The molecule has 8 nitrogen and oxygen atoms in total. The summed E-state index contributed by atoms with van der Waals surface area (Å²) in [5, 5.41) is 10.1. The first-order valence-corrected chi connectivity index (χ1v) is 14.3.